The van der Waals surface area contributed by atoms with Gasteiger partial charge in [-0.25, -0.2) is 8.42 Å². The van der Waals surface area contributed by atoms with Gasteiger partial charge in [0.2, 0.25) is 0 Å². The predicted molar refractivity (Wildman–Crippen MR) is 78.4 cm³/mol. The lowest BCUT2D eigenvalue weighted by Crippen LogP contribution is -2.47. The molecule has 4 nitrogen and oxygen atoms in total. The third-order valence-corrected chi connectivity index (χ3v) is 6.53. The van der Waals surface area contributed by atoms with Crippen LogP contribution in [0.25, 0.3) is 0 Å². The van der Waals surface area contributed by atoms with Crippen LogP contribution in [0.4, 0.5) is 0 Å². The highest BCUT2D eigenvalue weighted by molar-refractivity contribution is 8.15. The van der Waals surface area contributed by atoms with Crippen molar-refractivity contribution in [3.8, 4) is 0 Å². The summed E-state index contributed by atoms with van der Waals surface area (Å²) in [5, 5.41) is 4.50. The first-order chi connectivity index (χ1) is 8.78. The van der Waals surface area contributed by atoms with Crippen LogP contribution < -0.4 is 5.32 Å². The molecule has 0 spiro atoms. The minimum Gasteiger partial charge on any atom is -0.347 e. The Bertz CT molecular complexity index is 539. The Labute approximate surface area is 122 Å². The summed E-state index contributed by atoms with van der Waals surface area (Å²) in [7, 11) is 1.48. The van der Waals surface area contributed by atoms with Crippen molar-refractivity contribution < 1.29 is 13.2 Å². The van der Waals surface area contributed by atoms with Crippen LogP contribution in [0.2, 0.25) is 0 Å². The molecule has 1 amide bonds. The fraction of sp³-hybridized carbons (Fsp3) is 0.583. The van der Waals surface area contributed by atoms with E-state index in [4.69, 9.17) is 10.7 Å². The summed E-state index contributed by atoms with van der Waals surface area (Å²) in [5.74, 6) is -0.256. The molecule has 1 rings (SSSR count). The summed E-state index contributed by atoms with van der Waals surface area (Å²) in [6.45, 7) is 6.07. The first-order valence-electron chi connectivity index (χ1n) is 6.13. The van der Waals surface area contributed by atoms with Crippen molar-refractivity contribution in [1.29, 1.82) is 0 Å². The van der Waals surface area contributed by atoms with Crippen molar-refractivity contribution >= 4 is 37.0 Å². The van der Waals surface area contributed by atoms with Crippen LogP contribution in [-0.2, 0) is 9.05 Å². The van der Waals surface area contributed by atoms with Gasteiger partial charge in [0, 0.05) is 21.6 Å². The van der Waals surface area contributed by atoms with E-state index in [1.54, 1.807) is 0 Å². The van der Waals surface area contributed by atoms with Crippen molar-refractivity contribution in [3.05, 3.63) is 17.0 Å². The Kier molecular flexibility index (Phi) is 5.41. The first-order valence-corrected chi connectivity index (χ1v) is 9.32. The zero-order valence-electron chi connectivity index (χ0n) is 11.2. The van der Waals surface area contributed by atoms with E-state index in [-0.39, 0.29) is 15.7 Å². The Balaban J connectivity index is 2.93. The molecule has 0 fully saturated rings. The molecular weight excluding hydrogens is 306 g/mol. The largest absolute Gasteiger partial charge is 0.347 e. The standard InChI is InChI=1S/C12H18ClNO3S2/c1-4-12(5-2,6-3)14-11(15)9-7-10(18-8-9)19(13,16)17/h7-8H,4-6H2,1-3H3,(H,14,15). The summed E-state index contributed by atoms with van der Waals surface area (Å²) < 4.78 is 22.3. The van der Waals surface area contributed by atoms with Gasteiger partial charge in [-0.2, -0.15) is 0 Å². The number of nitrogens with one attached hydrogen (secondary N) is 1. The number of amides is 1. The molecule has 1 aromatic rings. The number of hydrogen-bond donors (Lipinski definition) is 1. The lowest BCUT2D eigenvalue weighted by Gasteiger charge is -2.31. The highest BCUT2D eigenvalue weighted by Gasteiger charge is 2.27. The van der Waals surface area contributed by atoms with E-state index in [9.17, 15) is 13.2 Å². The predicted octanol–water partition coefficient (Wildman–Crippen LogP) is 3.37. The van der Waals surface area contributed by atoms with Crippen LogP contribution in [0.1, 0.15) is 50.4 Å². The molecular formula is C12H18ClNO3S2. The van der Waals surface area contributed by atoms with Gasteiger partial charge < -0.3 is 5.32 Å². The molecule has 0 atom stereocenters. The van der Waals surface area contributed by atoms with Gasteiger partial charge in [-0.05, 0) is 25.3 Å². The third kappa shape index (κ3) is 3.94. The second kappa shape index (κ2) is 6.24. The molecule has 0 aromatic carbocycles. The van der Waals surface area contributed by atoms with E-state index >= 15 is 0 Å². The molecule has 7 heteroatoms. The van der Waals surface area contributed by atoms with Gasteiger partial charge in [0.25, 0.3) is 15.0 Å². The Morgan fingerprint density at radius 2 is 1.84 bits per heavy atom. The first kappa shape index (κ1) is 16.5. The van der Waals surface area contributed by atoms with E-state index in [0.717, 1.165) is 30.6 Å². The molecule has 1 aromatic heterocycles. The summed E-state index contributed by atoms with van der Waals surface area (Å²) in [5.41, 5.74) is 0.0999. The van der Waals surface area contributed by atoms with Crippen LogP contribution >= 0.6 is 22.0 Å². The molecule has 0 saturated heterocycles. The lowest BCUT2D eigenvalue weighted by molar-refractivity contribution is 0.0888. The van der Waals surface area contributed by atoms with Gasteiger partial charge in [0.05, 0.1) is 5.56 Å². The third-order valence-electron chi connectivity index (χ3n) is 3.49. The molecule has 0 unspecified atom stereocenters. The molecule has 0 bridgehead atoms. The number of carbonyl (C=O) groups excluding carboxylic acids is 1. The van der Waals surface area contributed by atoms with Crippen molar-refractivity contribution in [2.75, 3.05) is 0 Å². The Hall–Kier alpha value is -0.590. The molecule has 0 radical (unpaired) electrons. The Morgan fingerprint density at radius 1 is 1.32 bits per heavy atom. The minimum absolute atomic E-state index is 0.00517. The number of rotatable bonds is 6. The van der Waals surface area contributed by atoms with Crippen LogP contribution in [0.3, 0.4) is 0 Å². The van der Waals surface area contributed by atoms with Crippen LogP contribution in [0.5, 0.6) is 0 Å². The van der Waals surface area contributed by atoms with Crippen LogP contribution in [0, 0.1) is 0 Å². The van der Waals surface area contributed by atoms with Crippen molar-refractivity contribution in [2.45, 2.75) is 49.8 Å². The van der Waals surface area contributed by atoms with Gasteiger partial charge in [-0.3, -0.25) is 4.79 Å². The molecule has 0 aliphatic heterocycles. The van der Waals surface area contributed by atoms with Gasteiger partial charge in [0.1, 0.15) is 4.21 Å². The van der Waals surface area contributed by atoms with E-state index in [1.165, 1.54) is 11.4 Å². The normalized spacial score (nSPS) is 12.4. The van der Waals surface area contributed by atoms with E-state index in [0.29, 0.717) is 5.56 Å². The zero-order chi connectivity index (χ0) is 14.7. The van der Waals surface area contributed by atoms with E-state index in [2.05, 4.69) is 5.32 Å². The number of halogens is 1. The molecule has 0 saturated carbocycles. The van der Waals surface area contributed by atoms with Crippen molar-refractivity contribution in [3.63, 3.8) is 0 Å². The SMILES string of the molecule is CCC(CC)(CC)NC(=O)c1csc(S(=O)(=O)Cl)c1. The van der Waals surface area contributed by atoms with Gasteiger partial charge >= 0.3 is 0 Å². The average molecular weight is 324 g/mol. The lowest BCUT2D eigenvalue weighted by atomic mass is 9.89. The highest BCUT2D eigenvalue weighted by Crippen LogP contribution is 2.25. The Morgan fingerprint density at radius 3 is 2.21 bits per heavy atom. The topological polar surface area (TPSA) is 63.2 Å². The molecule has 0 aliphatic rings. The second-order valence-electron chi connectivity index (χ2n) is 4.39. The molecule has 1 heterocycles. The van der Waals surface area contributed by atoms with Crippen molar-refractivity contribution in [2.24, 2.45) is 0 Å². The summed E-state index contributed by atoms with van der Waals surface area (Å²) in [6, 6.07) is 1.31. The molecule has 19 heavy (non-hydrogen) atoms. The van der Waals surface area contributed by atoms with Crippen molar-refractivity contribution in [1.82, 2.24) is 5.32 Å². The number of hydrogen-bond acceptors (Lipinski definition) is 4. The summed E-state index contributed by atoms with van der Waals surface area (Å²) in [6.07, 6.45) is 2.49. The number of thiophene rings is 1. The molecule has 0 aliphatic carbocycles. The van der Waals surface area contributed by atoms with Gasteiger partial charge in [-0.15, -0.1) is 11.3 Å². The van der Waals surface area contributed by atoms with Crippen LogP contribution in [-0.4, -0.2) is 19.9 Å². The molecule has 1 N–H and O–H groups in total. The maximum absolute atomic E-state index is 12.1. The smallest absolute Gasteiger partial charge is 0.270 e. The average Bonchev–Trinajstić information content (AvgIpc) is 2.85. The van der Waals surface area contributed by atoms with E-state index < -0.39 is 9.05 Å². The van der Waals surface area contributed by atoms with E-state index in [1.807, 2.05) is 20.8 Å². The maximum Gasteiger partial charge on any atom is 0.270 e. The fourth-order valence-electron chi connectivity index (χ4n) is 1.89. The highest BCUT2D eigenvalue weighted by atomic mass is 35.7. The summed E-state index contributed by atoms with van der Waals surface area (Å²) in [4.78, 5) is 12.1. The minimum atomic E-state index is -3.77. The monoisotopic (exact) mass is 323 g/mol. The van der Waals surface area contributed by atoms with Gasteiger partial charge in [0.15, 0.2) is 0 Å². The summed E-state index contributed by atoms with van der Waals surface area (Å²) >= 11 is 0.953. The number of carbonyl (C=O) groups is 1. The second-order valence-corrected chi connectivity index (χ2v) is 8.09. The molecule has 108 valence electrons. The van der Waals surface area contributed by atoms with Gasteiger partial charge in [-0.1, -0.05) is 20.8 Å². The zero-order valence-corrected chi connectivity index (χ0v) is 13.6. The fourth-order valence-corrected chi connectivity index (χ4v) is 3.84. The quantitative estimate of drug-likeness (QED) is 0.816. The maximum atomic E-state index is 12.1. The van der Waals surface area contributed by atoms with Crippen LogP contribution in [0.15, 0.2) is 15.7 Å².